The van der Waals surface area contributed by atoms with E-state index in [1.807, 2.05) is 79.5 Å². The van der Waals surface area contributed by atoms with E-state index >= 15 is 0 Å². The fourth-order valence-corrected chi connectivity index (χ4v) is 1.90. The second-order valence-corrected chi connectivity index (χ2v) is 4.66. The largest absolute Gasteiger partial charge is 2.00 e. The predicted octanol–water partition coefficient (Wildman–Crippen LogP) is 6.65. The van der Waals surface area contributed by atoms with Gasteiger partial charge in [0.05, 0.1) is 0 Å². The molecule has 0 nitrogen and oxygen atoms in total. The number of benzene rings is 2. The topological polar surface area (TPSA) is 0 Å². The van der Waals surface area contributed by atoms with Crippen LogP contribution in [0.25, 0.3) is 11.1 Å². The van der Waals surface area contributed by atoms with Gasteiger partial charge in [0.1, 0.15) is 0 Å². The zero-order chi connectivity index (χ0) is 17.3. The van der Waals surface area contributed by atoms with Crippen LogP contribution in [-0.2, 0) is 21.7 Å². The van der Waals surface area contributed by atoms with E-state index in [9.17, 15) is 0 Å². The van der Waals surface area contributed by atoms with Gasteiger partial charge >= 0.3 is 21.7 Å². The Balaban J connectivity index is 0.000000370. The molecular weight excluding hydrogens is 355 g/mol. The fraction of sp³-hybridized carbons (Fsp3) is 0.0435. The SMILES string of the molecule is CP.[Ti+2].c1cc[cH-]c1.c1cc[cH-]c1.c1ccc(-c2ccccc2)cc1. The van der Waals surface area contributed by atoms with E-state index in [-0.39, 0.29) is 21.7 Å². The Morgan fingerprint density at radius 3 is 0.960 bits per heavy atom. The molecule has 0 saturated carbocycles. The Bertz CT molecular complexity index is 573. The Kier molecular flexibility index (Phi) is 15.9. The van der Waals surface area contributed by atoms with E-state index in [1.165, 1.54) is 11.1 Å². The van der Waals surface area contributed by atoms with Crippen molar-refractivity contribution in [3.63, 3.8) is 0 Å². The number of hydrogen-bond acceptors (Lipinski definition) is 0. The van der Waals surface area contributed by atoms with Crippen LogP contribution < -0.4 is 0 Å². The molecule has 0 bridgehead atoms. The molecule has 0 amide bonds. The Morgan fingerprint density at radius 1 is 0.480 bits per heavy atom. The monoisotopic (exact) mass is 380 g/mol. The van der Waals surface area contributed by atoms with Gasteiger partial charge in [0.25, 0.3) is 0 Å². The third-order valence-corrected chi connectivity index (χ3v) is 2.99. The van der Waals surface area contributed by atoms with Crippen molar-refractivity contribution < 1.29 is 21.7 Å². The zero-order valence-corrected chi connectivity index (χ0v) is 17.3. The Hall–Kier alpha value is -1.72. The first kappa shape index (κ1) is 23.3. The number of hydrogen-bond donors (Lipinski definition) is 0. The summed E-state index contributed by atoms with van der Waals surface area (Å²) in [7, 11) is 2.42. The molecule has 0 N–H and O–H groups in total. The standard InChI is InChI=1S/C12H10.2C5H5.CH5P.Ti/c1-3-7-11(8-4-1)12-9-5-2-6-10-12;2*1-2-4-5-3-1;1-2;/h1-10H;2*1-5H;2H2,1H3;/q;2*-1;;+2. The van der Waals surface area contributed by atoms with Gasteiger partial charge in [-0.1, -0.05) is 67.3 Å². The minimum atomic E-state index is 0. The van der Waals surface area contributed by atoms with Crippen molar-refractivity contribution in [3.8, 4) is 11.1 Å². The van der Waals surface area contributed by atoms with Crippen LogP contribution in [-0.4, -0.2) is 6.66 Å². The van der Waals surface area contributed by atoms with Crippen LogP contribution in [0.2, 0.25) is 0 Å². The molecule has 0 aliphatic rings. The van der Waals surface area contributed by atoms with Crippen molar-refractivity contribution in [2.75, 3.05) is 6.66 Å². The first-order valence-electron chi connectivity index (χ1n) is 7.98. The molecule has 1 atom stereocenters. The molecule has 4 aromatic carbocycles. The molecule has 0 aliphatic heterocycles. The molecule has 1 unspecified atom stereocenters. The summed E-state index contributed by atoms with van der Waals surface area (Å²) < 4.78 is 0. The van der Waals surface area contributed by atoms with E-state index in [2.05, 4.69) is 57.8 Å². The molecule has 25 heavy (non-hydrogen) atoms. The fourth-order valence-electron chi connectivity index (χ4n) is 1.90. The van der Waals surface area contributed by atoms with Crippen molar-refractivity contribution in [1.82, 2.24) is 0 Å². The maximum absolute atomic E-state index is 2.42. The van der Waals surface area contributed by atoms with Gasteiger partial charge in [0.2, 0.25) is 0 Å². The van der Waals surface area contributed by atoms with Gasteiger partial charge < -0.3 is 0 Å². The van der Waals surface area contributed by atoms with Gasteiger partial charge in [-0.15, -0.1) is 9.24 Å². The summed E-state index contributed by atoms with van der Waals surface area (Å²) >= 11 is 0. The van der Waals surface area contributed by atoms with Gasteiger partial charge in [0, 0.05) is 0 Å². The average Bonchev–Trinajstić information content (AvgIpc) is 3.43. The van der Waals surface area contributed by atoms with Crippen LogP contribution in [0, 0.1) is 0 Å². The van der Waals surface area contributed by atoms with Gasteiger partial charge in [-0.25, -0.2) is 24.3 Å². The van der Waals surface area contributed by atoms with Crippen molar-refractivity contribution in [3.05, 3.63) is 121 Å². The molecule has 0 saturated heterocycles. The first-order valence-corrected chi connectivity index (χ1v) is 9.14. The molecule has 0 radical (unpaired) electrons. The summed E-state index contributed by atoms with van der Waals surface area (Å²) in [5, 5.41) is 0. The minimum absolute atomic E-state index is 0. The normalized spacial score (nSPS) is 8.08. The molecule has 0 spiro atoms. The van der Waals surface area contributed by atoms with E-state index in [0.29, 0.717) is 0 Å². The second-order valence-electron chi connectivity index (χ2n) is 4.66. The number of rotatable bonds is 1. The second kappa shape index (κ2) is 17.1. The van der Waals surface area contributed by atoms with Crippen molar-refractivity contribution in [2.45, 2.75) is 0 Å². The summed E-state index contributed by atoms with van der Waals surface area (Å²) in [6.07, 6.45) is 0. The smallest absolute Gasteiger partial charge is 0.214 e. The maximum Gasteiger partial charge on any atom is 2.00 e. The quantitative estimate of drug-likeness (QED) is 0.197. The van der Waals surface area contributed by atoms with E-state index in [4.69, 9.17) is 0 Å². The molecule has 0 aromatic heterocycles. The Labute approximate surface area is 169 Å². The average molecular weight is 380 g/mol. The predicted molar refractivity (Wildman–Crippen MR) is 112 cm³/mol. The van der Waals surface area contributed by atoms with Crippen LogP contribution in [0.4, 0.5) is 0 Å². The van der Waals surface area contributed by atoms with Crippen LogP contribution >= 0.6 is 9.24 Å². The molecule has 126 valence electrons. The van der Waals surface area contributed by atoms with E-state index < -0.39 is 0 Å². The minimum Gasteiger partial charge on any atom is -0.214 e. The van der Waals surface area contributed by atoms with Gasteiger partial charge in [0.15, 0.2) is 0 Å². The molecular formula is C23H25PTi. The third-order valence-electron chi connectivity index (χ3n) is 2.99. The van der Waals surface area contributed by atoms with Crippen molar-refractivity contribution >= 4 is 9.24 Å². The van der Waals surface area contributed by atoms with E-state index in [0.717, 1.165) is 0 Å². The molecule has 0 heterocycles. The summed E-state index contributed by atoms with van der Waals surface area (Å²) in [6, 6.07) is 40.8. The van der Waals surface area contributed by atoms with E-state index in [1.54, 1.807) is 0 Å². The van der Waals surface area contributed by atoms with Crippen LogP contribution in [0.15, 0.2) is 121 Å². The summed E-state index contributed by atoms with van der Waals surface area (Å²) in [6.45, 7) is 1.92. The van der Waals surface area contributed by atoms with Crippen LogP contribution in [0.5, 0.6) is 0 Å². The first-order chi connectivity index (χ1) is 12.0. The third kappa shape index (κ3) is 11.5. The van der Waals surface area contributed by atoms with Crippen LogP contribution in [0.1, 0.15) is 0 Å². The van der Waals surface area contributed by atoms with Crippen LogP contribution in [0.3, 0.4) is 0 Å². The summed E-state index contributed by atoms with van der Waals surface area (Å²) in [5.41, 5.74) is 2.55. The maximum atomic E-state index is 2.42. The molecule has 0 fully saturated rings. The molecule has 0 aliphatic carbocycles. The van der Waals surface area contributed by atoms with Gasteiger partial charge in [-0.2, -0.15) is 36.4 Å². The Morgan fingerprint density at radius 2 is 0.760 bits per heavy atom. The summed E-state index contributed by atoms with van der Waals surface area (Å²) in [4.78, 5) is 0. The van der Waals surface area contributed by atoms with Gasteiger partial charge in [-0.05, 0) is 11.1 Å². The van der Waals surface area contributed by atoms with Gasteiger partial charge in [-0.3, -0.25) is 0 Å². The molecule has 4 aromatic rings. The molecule has 4 rings (SSSR count). The molecule has 2 heteroatoms. The zero-order valence-electron chi connectivity index (χ0n) is 14.6. The van der Waals surface area contributed by atoms with Crippen molar-refractivity contribution in [1.29, 1.82) is 0 Å². The van der Waals surface area contributed by atoms with Crippen molar-refractivity contribution in [2.24, 2.45) is 0 Å². The summed E-state index contributed by atoms with van der Waals surface area (Å²) in [5.74, 6) is 0.